The van der Waals surface area contributed by atoms with Crippen LogP contribution in [-0.4, -0.2) is 12.1 Å². The Hall–Kier alpha value is -0.550. The molecule has 0 bridgehead atoms. The van der Waals surface area contributed by atoms with Gasteiger partial charge in [0.05, 0.1) is 12.1 Å². The first-order valence-corrected chi connectivity index (χ1v) is 4.06. The standard InChI is InChI=1S/C8H12N2/c9-5-7-4-6-2-1-3-8(6)10-7/h6-8,10H,1-4H2/t6-,7-,8+/m0/s1. The minimum atomic E-state index is 0.162. The molecule has 3 atom stereocenters. The van der Waals surface area contributed by atoms with Gasteiger partial charge in [-0.2, -0.15) is 5.26 Å². The molecule has 2 heteroatoms. The van der Waals surface area contributed by atoms with Gasteiger partial charge in [-0.25, -0.2) is 0 Å². The maximum absolute atomic E-state index is 8.61. The number of nitriles is 1. The van der Waals surface area contributed by atoms with E-state index in [0.29, 0.717) is 6.04 Å². The first-order valence-electron chi connectivity index (χ1n) is 4.06. The Morgan fingerprint density at radius 1 is 1.40 bits per heavy atom. The largest absolute Gasteiger partial charge is 0.299 e. The summed E-state index contributed by atoms with van der Waals surface area (Å²) in [4.78, 5) is 0. The summed E-state index contributed by atoms with van der Waals surface area (Å²) in [5.74, 6) is 0.824. The summed E-state index contributed by atoms with van der Waals surface area (Å²) in [7, 11) is 0. The Morgan fingerprint density at radius 2 is 2.30 bits per heavy atom. The van der Waals surface area contributed by atoms with E-state index >= 15 is 0 Å². The molecule has 0 unspecified atom stereocenters. The van der Waals surface area contributed by atoms with Gasteiger partial charge in [-0.3, -0.25) is 5.32 Å². The Labute approximate surface area is 61.2 Å². The second-order valence-corrected chi connectivity index (χ2v) is 3.38. The summed E-state index contributed by atoms with van der Waals surface area (Å²) in [6, 6.07) is 3.13. The van der Waals surface area contributed by atoms with Gasteiger partial charge in [0.15, 0.2) is 0 Å². The second kappa shape index (κ2) is 2.25. The van der Waals surface area contributed by atoms with Crippen LogP contribution in [0.4, 0.5) is 0 Å². The van der Waals surface area contributed by atoms with Gasteiger partial charge in [-0.15, -0.1) is 0 Å². The lowest BCUT2D eigenvalue weighted by atomic mass is 10.0. The van der Waals surface area contributed by atoms with Gasteiger partial charge >= 0.3 is 0 Å². The zero-order chi connectivity index (χ0) is 6.97. The van der Waals surface area contributed by atoms with Crippen molar-refractivity contribution in [3.8, 4) is 6.07 Å². The topological polar surface area (TPSA) is 35.8 Å². The molecule has 2 fully saturated rings. The first kappa shape index (κ1) is 6.18. The van der Waals surface area contributed by atoms with E-state index in [2.05, 4.69) is 11.4 Å². The van der Waals surface area contributed by atoms with E-state index in [9.17, 15) is 0 Å². The fraction of sp³-hybridized carbons (Fsp3) is 0.875. The summed E-state index contributed by atoms with van der Waals surface area (Å²) >= 11 is 0. The molecule has 1 heterocycles. The van der Waals surface area contributed by atoms with E-state index in [1.807, 2.05) is 0 Å². The predicted molar refractivity (Wildman–Crippen MR) is 38.3 cm³/mol. The highest BCUT2D eigenvalue weighted by atomic mass is 15.0. The zero-order valence-corrected chi connectivity index (χ0v) is 6.01. The van der Waals surface area contributed by atoms with Crippen molar-refractivity contribution >= 4 is 0 Å². The van der Waals surface area contributed by atoms with Crippen molar-refractivity contribution in [2.45, 2.75) is 37.8 Å². The van der Waals surface area contributed by atoms with Gasteiger partial charge in [0, 0.05) is 6.04 Å². The van der Waals surface area contributed by atoms with Crippen molar-refractivity contribution in [1.82, 2.24) is 5.32 Å². The molecule has 2 nitrogen and oxygen atoms in total. The summed E-state index contributed by atoms with van der Waals surface area (Å²) in [6.07, 6.45) is 5.10. The lowest BCUT2D eigenvalue weighted by Gasteiger charge is -2.05. The van der Waals surface area contributed by atoms with Gasteiger partial charge in [-0.1, -0.05) is 6.42 Å². The molecule has 1 aliphatic heterocycles. The Morgan fingerprint density at radius 3 is 3.00 bits per heavy atom. The predicted octanol–water partition coefficient (Wildman–Crippen LogP) is 1.04. The SMILES string of the molecule is N#C[C@@H]1C[C@@H]2CCC[C@H]2N1. The fourth-order valence-electron chi connectivity index (χ4n) is 2.26. The van der Waals surface area contributed by atoms with Crippen LogP contribution in [0.15, 0.2) is 0 Å². The van der Waals surface area contributed by atoms with Crippen LogP contribution in [0.5, 0.6) is 0 Å². The van der Waals surface area contributed by atoms with E-state index in [1.54, 1.807) is 0 Å². The molecule has 0 spiro atoms. The van der Waals surface area contributed by atoms with E-state index in [1.165, 1.54) is 19.3 Å². The minimum absolute atomic E-state index is 0.162. The molecule has 2 aliphatic rings. The molecule has 1 aliphatic carbocycles. The van der Waals surface area contributed by atoms with Crippen molar-refractivity contribution < 1.29 is 0 Å². The molecule has 0 aromatic rings. The maximum Gasteiger partial charge on any atom is 0.0958 e. The Kier molecular flexibility index (Phi) is 1.39. The van der Waals surface area contributed by atoms with Crippen LogP contribution in [-0.2, 0) is 0 Å². The van der Waals surface area contributed by atoms with Gasteiger partial charge in [0.25, 0.3) is 0 Å². The van der Waals surface area contributed by atoms with Gasteiger partial charge in [0.1, 0.15) is 0 Å². The molecule has 1 saturated carbocycles. The highest BCUT2D eigenvalue weighted by Crippen LogP contribution is 2.34. The molecule has 54 valence electrons. The van der Waals surface area contributed by atoms with Crippen LogP contribution in [0.3, 0.4) is 0 Å². The van der Waals surface area contributed by atoms with Crippen LogP contribution in [0.1, 0.15) is 25.7 Å². The lowest BCUT2D eigenvalue weighted by molar-refractivity contribution is 0.518. The minimum Gasteiger partial charge on any atom is -0.299 e. The normalized spacial score (nSPS) is 44.9. The van der Waals surface area contributed by atoms with Crippen LogP contribution in [0.25, 0.3) is 0 Å². The van der Waals surface area contributed by atoms with Gasteiger partial charge in [-0.05, 0) is 25.2 Å². The van der Waals surface area contributed by atoms with E-state index in [0.717, 1.165) is 12.3 Å². The summed E-state index contributed by atoms with van der Waals surface area (Å²) in [5.41, 5.74) is 0. The summed E-state index contributed by atoms with van der Waals surface area (Å²) < 4.78 is 0. The number of rotatable bonds is 0. The summed E-state index contributed by atoms with van der Waals surface area (Å²) in [6.45, 7) is 0. The Bertz CT molecular complexity index is 159. The third-order valence-corrected chi connectivity index (χ3v) is 2.77. The van der Waals surface area contributed by atoms with E-state index in [-0.39, 0.29) is 6.04 Å². The van der Waals surface area contributed by atoms with Crippen molar-refractivity contribution in [3.63, 3.8) is 0 Å². The molecular formula is C8H12N2. The highest BCUT2D eigenvalue weighted by molar-refractivity contribution is 5.03. The van der Waals surface area contributed by atoms with E-state index in [4.69, 9.17) is 5.26 Å². The molecular weight excluding hydrogens is 124 g/mol. The Balaban J connectivity index is 2.01. The van der Waals surface area contributed by atoms with Crippen LogP contribution >= 0.6 is 0 Å². The van der Waals surface area contributed by atoms with Crippen molar-refractivity contribution in [1.29, 1.82) is 5.26 Å². The summed E-state index contributed by atoms with van der Waals surface area (Å²) in [5, 5.41) is 12.0. The number of hydrogen-bond acceptors (Lipinski definition) is 2. The molecule has 10 heavy (non-hydrogen) atoms. The first-order chi connectivity index (χ1) is 4.90. The molecule has 1 saturated heterocycles. The molecule has 1 N–H and O–H groups in total. The number of nitrogens with one attached hydrogen (secondary N) is 1. The average Bonchev–Trinajstić information content (AvgIpc) is 2.42. The van der Waals surface area contributed by atoms with Crippen LogP contribution in [0, 0.1) is 17.2 Å². The van der Waals surface area contributed by atoms with E-state index < -0.39 is 0 Å². The van der Waals surface area contributed by atoms with Crippen molar-refractivity contribution in [3.05, 3.63) is 0 Å². The molecule has 0 aromatic heterocycles. The van der Waals surface area contributed by atoms with Crippen LogP contribution < -0.4 is 5.32 Å². The molecule has 0 radical (unpaired) electrons. The zero-order valence-electron chi connectivity index (χ0n) is 6.01. The smallest absolute Gasteiger partial charge is 0.0958 e. The third kappa shape index (κ3) is 0.819. The number of fused-ring (bicyclic) bond motifs is 1. The monoisotopic (exact) mass is 136 g/mol. The number of nitrogens with zero attached hydrogens (tertiary/aromatic N) is 1. The third-order valence-electron chi connectivity index (χ3n) is 2.77. The quantitative estimate of drug-likeness (QED) is 0.540. The number of hydrogen-bond donors (Lipinski definition) is 1. The highest BCUT2D eigenvalue weighted by Gasteiger charge is 2.36. The molecule has 2 rings (SSSR count). The fourth-order valence-corrected chi connectivity index (χ4v) is 2.26. The van der Waals surface area contributed by atoms with Gasteiger partial charge in [0.2, 0.25) is 0 Å². The van der Waals surface area contributed by atoms with Gasteiger partial charge < -0.3 is 0 Å². The molecule has 0 amide bonds. The van der Waals surface area contributed by atoms with Crippen molar-refractivity contribution in [2.24, 2.45) is 5.92 Å². The van der Waals surface area contributed by atoms with Crippen molar-refractivity contribution in [2.75, 3.05) is 0 Å². The average molecular weight is 136 g/mol. The second-order valence-electron chi connectivity index (χ2n) is 3.38. The lowest BCUT2D eigenvalue weighted by Crippen LogP contribution is -2.27. The molecule has 0 aromatic carbocycles. The van der Waals surface area contributed by atoms with Crippen LogP contribution in [0.2, 0.25) is 0 Å². The maximum atomic E-state index is 8.61.